The third-order valence-electron chi connectivity index (χ3n) is 3.43. The molecule has 1 saturated heterocycles. The number of anilines is 1. The summed E-state index contributed by atoms with van der Waals surface area (Å²) in [4.78, 5) is 2.40. The van der Waals surface area contributed by atoms with Gasteiger partial charge in [-0.05, 0) is 13.8 Å². The van der Waals surface area contributed by atoms with E-state index >= 15 is 0 Å². The summed E-state index contributed by atoms with van der Waals surface area (Å²) in [7, 11) is 3.37. The van der Waals surface area contributed by atoms with Crippen LogP contribution in [0.25, 0.3) is 0 Å². The van der Waals surface area contributed by atoms with E-state index in [2.05, 4.69) is 36.2 Å². The Morgan fingerprint density at radius 3 is 2.28 bits per heavy atom. The van der Waals surface area contributed by atoms with Crippen molar-refractivity contribution in [2.45, 2.75) is 25.9 Å². The van der Waals surface area contributed by atoms with Crippen LogP contribution in [0.2, 0.25) is 0 Å². The SMILES string of the molecule is COc1cc(OC)cc(N2CC(C)NCC2C)c1. The minimum absolute atomic E-state index is 0.470. The minimum atomic E-state index is 0.470. The molecule has 2 atom stereocenters. The lowest BCUT2D eigenvalue weighted by Crippen LogP contribution is -2.54. The van der Waals surface area contributed by atoms with Crippen LogP contribution in [0.1, 0.15) is 13.8 Å². The summed E-state index contributed by atoms with van der Waals surface area (Å²) in [5, 5.41) is 3.48. The standard InChI is InChI=1S/C14H22N2O2/c1-10-9-16(11(2)8-15-10)12-5-13(17-3)7-14(6-12)18-4/h5-7,10-11,15H,8-9H2,1-4H3. The highest BCUT2D eigenvalue weighted by molar-refractivity contribution is 5.56. The van der Waals surface area contributed by atoms with Gasteiger partial charge in [-0.1, -0.05) is 0 Å². The molecule has 1 aromatic carbocycles. The summed E-state index contributed by atoms with van der Waals surface area (Å²) in [6.07, 6.45) is 0. The molecule has 0 bridgehead atoms. The Morgan fingerprint density at radius 2 is 1.72 bits per heavy atom. The van der Waals surface area contributed by atoms with Crippen LogP contribution >= 0.6 is 0 Å². The molecule has 0 amide bonds. The van der Waals surface area contributed by atoms with Gasteiger partial charge in [0.1, 0.15) is 11.5 Å². The molecule has 1 heterocycles. The predicted molar refractivity (Wildman–Crippen MR) is 73.8 cm³/mol. The first-order valence-corrected chi connectivity index (χ1v) is 6.37. The summed E-state index contributed by atoms with van der Waals surface area (Å²) in [6.45, 7) is 6.43. The monoisotopic (exact) mass is 250 g/mol. The molecule has 1 aliphatic rings. The number of ether oxygens (including phenoxy) is 2. The van der Waals surface area contributed by atoms with Gasteiger partial charge in [-0.2, -0.15) is 0 Å². The van der Waals surface area contributed by atoms with Crippen LogP contribution in [0.4, 0.5) is 5.69 Å². The van der Waals surface area contributed by atoms with Crippen molar-refractivity contribution in [2.75, 3.05) is 32.2 Å². The molecule has 2 rings (SSSR count). The molecule has 18 heavy (non-hydrogen) atoms. The molecule has 100 valence electrons. The first-order valence-electron chi connectivity index (χ1n) is 6.37. The van der Waals surface area contributed by atoms with E-state index in [0.29, 0.717) is 12.1 Å². The average molecular weight is 250 g/mol. The van der Waals surface area contributed by atoms with Crippen LogP contribution in [0, 0.1) is 0 Å². The van der Waals surface area contributed by atoms with Crippen LogP contribution in [0.3, 0.4) is 0 Å². The van der Waals surface area contributed by atoms with Crippen LogP contribution in [0.5, 0.6) is 11.5 Å². The Balaban J connectivity index is 2.30. The van der Waals surface area contributed by atoms with E-state index in [9.17, 15) is 0 Å². The van der Waals surface area contributed by atoms with Gasteiger partial charge in [0.25, 0.3) is 0 Å². The number of hydrogen-bond donors (Lipinski definition) is 1. The van der Waals surface area contributed by atoms with Gasteiger partial charge in [0.2, 0.25) is 0 Å². The third-order valence-corrected chi connectivity index (χ3v) is 3.43. The topological polar surface area (TPSA) is 33.7 Å². The summed E-state index contributed by atoms with van der Waals surface area (Å²) in [5.74, 6) is 1.67. The highest BCUT2D eigenvalue weighted by Crippen LogP contribution is 2.30. The van der Waals surface area contributed by atoms with Crippen LogP contribution in [-0.4, -0.2) is 39.4 Å². The number of benzene rings is 1. The second-order valence-electron chi connectivity index (χ2n) is 4.88. The van der Waals surface area contributed by atoms with E-state index < -0.39 is 0 Å². The Bertz CT molecular complexity index is 387. The van der Waals surface area contributed by atoms with E-state index in [-0.39, 0.29) is 0 Å². The second-order valence-corrected chi connectivity index (χ2v) is 4.88. The van der Waals surface area contributed by atoms with Gasteiger partial charge in [0.15, 0.2) is 0 Å². The Hall–Kier alpha value is -1.42. The zero-order valence-electron chi connectivity index (χ0n) is 11.6. The molecule has 0 saturated carbocycles. The van der Waals surface area contributed by atoms with Crippen molar-refractivity contribution in [1.82, 2.24) is 5.32 Å². The highest BCUT2D eigenvalue weighted by Gasteiger charge is 2.23. The highest BCUT2D eigenvalue weighted by atomic mass is 16.5. The van der Waals surface area contributed by atoms with Gasteiger partial charge in [-0.25, -0.2) is 0 Å². The van der Waals surface area contributed by atoms with Gasteiger partial charge in [-0.15, -0.1) is 0 Å². The Labute approximate surface area is 109 Å². The molecule has 1 fully saturated rings. The number of rotatable bonds is 3. The van der Waals surface area contributed by atoms with Crippen LogP contribution < -0.4 is 19.7 Å². The lowest BCUT2D eigenvalue weighted by molar-refractivity contribution is 0.391. The van der Waals surface area contributed by atoms with Crippen molar-refractivity contribution >= 4 is 5.69 Å². The minimum Gasteiger partial charge on any atom is -0.497 e. The van der Waals surface area contributed by atoms with E-state index in [1.807, 2.05) is 6.07 Å². The van der Waals surface area contributed by atoms with Crippen molar-refractivity contribution in [3.8, 4) is 11.5 Å². The fraction of sp³-hybridized carbons (Fsp3) is 0.571. The van der Waals surface area contributed by atoms with Crippen LogP contribution in [-0.2, 0) is 0 Å². The molecule has 1 aliphatic heterocycles. The van der Waals surface area contributed by atoms with Gasteiger partial charge in [-0.3, -0.25) is 0 Å². The van der Waals surface area contributed by atoms with Gasteiger partial charge in [0, 0.05) is 49.1 Å². The molecule has 0 aliphatic carbocycles. The summed E-state index contributed by atoms with van der Waals surface area (Å²) in [5.41, 5.74) is 1.16. The maximum Gasteiger partial charge on any atom is 0.124 e. The number of nitrogens with zero attached hydrogens (tertiary/aromatic N) is 1. The van der Waals surface area contributed by atoms with Crippen molar-refractivity contribution in [3.05, 3.63) is 18.2 Å². The molecule has 0 aromatic heterocycles. The molecular formula is C14H22N2O2. The predicted octanol–water partition coefficient (Wildman–Crippen LogP) is 1.89. The zero-order valence-corrected chi connectivity index (χ0v) is 11.6. The van der Waals surface area contributed by atoms with Crippen molar-refractivity contribution in [1.29, 1.82) is 0 Å². The van der Waals surface area contributed by atoms with E-state index in [1.165, 1.54) is 0 Å². The van der Waals surface area contributed by atoms with Crippen LogP contribution in [0.15, 0.2) is 18.2 Å². The molecule has 1 N–H and O–H groups in total. The Kier molecular flexibility index (Phi) is 3.97. The first-order chi connectivity index (χ1) is 8.63. The van der Waals surface area contributed by atoms with Gasteiger partial charge in [0.05, 0.1) is 14.2 Å². The average Bonchev–Trinajstić information content (AvgIpc) is 2.40. The molecule has 4 heteroatoms. The number of hydrogen-bond acceptors (Lipinski definition) is 4. The van der Waals surface area contributed by atoms with Crippen molar-refractivity contribution < 1.29 is 9.47 Å². The van der Waals surface area contributed by atoms with E-state index in [4.69, 9.17) is 9.47 Å². The molecular weight excluding hydrogens is 228 g/mol. The fourth-order valence-electron chi connectivity index (χ4n) is 2.34. The quantitative estimate of drug-likeness (QED) is 0.888. The molecule has 2 unspecified atom stereocenters. The largest absolute Gasteiger partial charge is 0.497 e. The fourth-order valence-corrected chi connectivity index (χ4v) is 2.34. The number of nitrogens with one attached hydrogen (secondary N) is 1. The maximum absolute atomic E-state index is 5.33. The molecule has 1 aromatic rings. The second kappa shape index (κ2) is 5.48. The molecule has 0 spiro atoms. The number of piperazine rings is 1. The summed E-state index contributed by atoms with van der Waals surface area (Å²) in [6, 6.07) is 7.00. The van der Waals surface area contributed by atoms with E-state index in [0.717, 1.165) is 30.3 Å². The normalized spacial score (nSPS) is 23.9. The molecule has 4 nitrogen and oxygen atoms in total. The summed E-state index contributed by atoms with van der Waals surface area (Å²) >= 11 is 0. The lowest BCUT2D eigenvalue weighted by atomic mass is 10.1. The van der Waals surface area contributed by atoms with Crippen molar-refractivity contribution in [3.63, 3.8) is 0 Å². The number of methoxy groups -OCH3 is 2. The maximum atomic E-state index is 5.33. The first kappa shape index (κ1) is 13.0. The van der Waals surface area contributed by atoms with E-state index in [1.54, 1.807) is 14.2 Å². The summed E-state index contributed by atoms with van der Waals surface area (Å²) < 4.78 is 10.7. The van der Waals surface area contributed by atoms with Gasteiger partial charge < -0.3 is 19.7 Å². The zero-order chi connectivity index (χ0) is 13.1. The van der Waals surface area contributed by atoms with Crippen molar-refractivity contribution in [2.24, 2.45) is 0 Å². The molecule has 0 radical (unpaired) electrons. The van der Waals surface area contributed by atoms with Gasteiger partial charge >= 0.3 is 0 Å². The third kappa shape index (κ3) is 2.70. The Morgan fingerprint density at radius 1 is 1.11 bits per heavy atom. The smallest absolute Gasteiger partial charge is 0.124 e. The lowest BCUT2D eigenvalue weighted by Gasteiger charge is -2.39.